The lowest BCUT2D eigenvalue weighted by molar-refractivity contribution is -0.161. The molecule has 0 aromatic heterocycles. The van der Waals surface area contributed by atoms with Gasteiger partial charge in [0.05, 0.1) is 39.6 Å². The van der Waals surface area contributed by atoms with E-state index in [1.54, 1.807) is 0 Å². The van der Waals surface area contributed by atoms with Gasteiger partial charge >= 0.3 is 7.82 Å². The summed E-state index contributed by atoms with van der Waals surface area (Å²) in [6, 6.07) is 0. The number of ketones is 3. The molecule has 3 atom stereocenters. The second kappa shape index (κ2) is 12.8. The number of carbonyl (C=O) groups is 3. The van der Waals surface area contributed by atoms with Crippen LogP contribution >= 0.6 is 7.82 Å². The van der Waals surface area contributed by atoms with Crippen LogP contribution in [0.3, 0.4) is 0 Å². The highest BCUT2D eigenvalue weighted by molar-refractivity contribution is 7.48. The van der Waals surface area contributed by atoms with Gasteiger partial charge in [-0.05, 0) is 77.8 Å². The van der Waals surface area contributed by atoms with E-state index in [1.807, 2.05) is 14.7 Å². The van der Waals surface area contributed by atoms with Crippen LogP contribution < -0.4 is 0 Å². The highest BCUT2D eigenvalue weighted by Crippen LogP contribution is 2.54. The lowest BCUT2D eigenvalue weighted by atomic mass is 9.74. The number of rotatable bonds is 15. The largest absolute Gasteiger partial charge is 0.475 e. The van der Waals surface area contributed by atoms with Gasteiger partial charge in [-0.1, -0.05) is 0 Å². The Bertz CT molecular complexity index is 1010. The minimum Gasteiger partial charge on any atom is -0.382 e. The zero-order valence-electron chi connectivity index (χ0n) is 26.3. The second-order valence-electron chi connectivity index (χ2n) is 13.5. The molecule has 3 unspecified atom stereocenters. The number of hydrogen-bond donors (Lipinski definition) is 0. The van der Waals surface area contributed by atoms with Crippen molar-refractivity contribution in [1.29, 1.82) is 0 Å². The predicted octanol–water partition coefficient (Wildman–Crippen LogP) is 1.18. The van der Waals surface area contributed by atoms with Gasteiger partial charge in [0.15, 0.2) is 17.3 Å². The summed E-state index contributed by atoms with van der Waals surface area (Å²) in [5.74, 6) is -0.311. The Morgan fingerprint density at radius 1 is 0.523 bits per heavy atom. The molecule has 0 aromatic rings. The highest BCUT2D eigenvalue weighted by atomic mass is 31.2. The van der Waals surface area contributed by atoms with Crippen molar-refractivity contribution in [2.24, 2.45) is 17.8 Å². The summed E-state index contributed by atoms with van der Waals surface area (Å²) in [5, 5.41) is 0. The van der Waals surface area contributed by atoms with Crippen molar-refractivity contribution in [3.05, 3.63) is 0 Å². The van der Waals surface area contributed by atoms with E-state index in [9.17, 15) is 18.9 Å². The molecule has 9 aliphatic rings. The molecular weight excluding hydrogens is 593 g/mol. The number of phosphoric ester groups is 1. The van der Waals surface area contributed by atoms with Crippen LogP contribution in [0.2, 0.25) is 0 Å². The van der Waals surface area contributed by atoms with Crippen LogP contribution in [0.1, 0.15) is 38.5 Å². The van der Waals surface area contributed by atoms with Crippen LogP contribution in [-0.2, 0) is 46.7 Å². The predicted molar refractivity (Wildman–Crippen MR) is 157 cm³/mol. The van der Waals surface area contributed by atoms with E-state index < -0.39 is 24.4 Å². The molecule has 13 nitrogen and oxygen atoms in total. The smallest absolute Gasteiger partial charge is 0.382 e. The molecule has 0 aliphatic carbocycles. The first-order chi connectivity index (χ1) is 21.2. The van der Waals surface area contributed by atoms with Crippen LogP contribution in [0.25, 0.3) is 0 Å². The van der Waals surface area contributed by atoms with Crippen molar-refractivity contribution < 1.29 is 46.7 Å². The van der Waals surface area contributed by atoms with Crippen LogP contribution in [-0.4, -0.2) is 149 Å². The van der Waals surface area contributed by atoms with Gasteiger partial charge in [-0.2, -0.15) is 0 Å². The molecule has 44 heavy (non-hydrogen) atoms. The van der Waals surface area contributed by atoms with Crippen molar-refractivity contribution >= 4 is 25.2 Å². The third-order valence-corrected chi connectivity index (χ3v) is 12.7. The van der Waals surface area contributed by atoms with Gasteiger partial charge in [-0.3, -0.25) is 42.7 Å². The molecule has 9 fully saturated rings. The Kier molecular flexibility index (Phi) is 9.56. The van der Waals surface area contributed by atoms with E-state index in [4.69, 9.17) is 27.8 Å². The molecule has 0 aromatic carbocycles. The number of carbonyl (C=O) groups excluding carboxylic acids is 3. The van der Waals surface area contributed by atoms with Gasteiger partial charge in [0.25, 0.3) is 0 Å². The van der Waals surface area contributed by atoms with Gasteiger partial charge in [-0.25, -0.2) is 4.57 Å². The quantitative estimate of drug-likeness (QED) is 0.237. The Balaban J connectivity index is 1.28. The van der Waals surface area contributed by atoms with Crippen molar-refractivity contribution in [1.82, 2.24) is 14.7 Å². The van der Waals surface area contributed by atoms with Crippen molar-refractivity contribution in [3.8, 4) is 0 Å². The fraction of sp³-hybridized carbons (Fsp3) is 0.900. The average Bonchev–Trinajstić information content (AvgIpc) is 3.05. The highest BCUT2D eigenvalue weighted by Gasteiger charge is 2.58. The fourth-order valence-corrected chi connectivity index (χ4v) is 10.1. The maximum atomic E-state index is 14.7. The van der Waals surface area contributed by atoms with E-state index in [1.165, 1.54) is 21.3 Å². The normalized spacial score (nSPS) is 42.7. The SMILES string of the molecule is COCC1(COP(=O)(OCC2(COC)C(=O)C3CCN2CC3)OCC2(COC)C(=O)C3CCN2CC3)C(=O)C2CCN1CC2. The summed E-state index contributed by atoms with van der Waals surface area (Å²) in [5.41, 5.74) is -3.38. The number of fused-ring (bicyclic) bond motifs is 9. The molecule has 0 saturated carbocycles. The second-order valence-corrected chi connectivity index (χ2v) is 15.2. The van der Waals surface area contributed by atoms with E-state index in [2.05, 4.69) is 0 Å². The lowest BCUT2D eigenvalue weighted by Gasteiger charge is -2.53. The number of ether oxygens (including phenoxy) is 3. The maximum Gasteiger partial charge on any atom is 0.475 e. The molecule has 9 rings (SSSR count). The fourth-order valence-electron chi connectivity index (χ4n) is 8.80. The topological polar surface area (TPSA) is 133 Å². The monoisotopic (exact) mass is 641 g/mol. The Morgan fingerprint density at radius 3 is 0.977 bits per heavy atom. The molecule has 14 heteroatoms. The number of methoxy groups -OCH3 is 3. The summed E-state index contributed by atoms with van der Waals surface area (Å²) >= 11 is 0. The molecule has 0 spiro atoms. The standard InChI is InChI=1S/C30H48N3O10P/c1-38-16-28(25(34)22-4-10-31(28)11-5-22)19-41-44(37,42-20-29(17-39-2)26(35)23-6-12-32(29)13-7-23)43-21-30(18-40-3)27(36)24-8-14-33(30)15-9-24/h22-24H,4-21H2,1-3H3. The van der Waals surface area contributed by atoms with Gasteiger partial charge in [0.1, 0.15) is 16.6 Å². The Labute approximate surface area is 259 Å². The Morgan fingerprint density at radius 2 is 0.773 bits per heavy atom. The van der Waals surface area contributed by atoms with Crippen LogP contribution in [0.15, 0.2) is 0 Å². The first-order valence-electron chi connectivity index (χ1n) is 16.1. The first kappa shape index (κ1) is 32.8. The van der Waals surface area contributed by atoms with Gasteiger partial charge in [0, 0.05) is 39.1 Å². The maximum absolute atomic E-state index is 14.7. The molecular formula is C30H48N3O10P. The van der Waals surface area contributed by atoms with E-state index in [0.717, 1.165) is 38.5 Å². The van der Waals surface area contributed by atoms with Crippen molar-refractivity contribution in [2.75, 3.05) is 100 Å². The summed E-state index contributed by atoms with van der Waals surface area (Å²) in [6.45, 7) is 3.68. The molecule has 248 valence electrons. The van der Waals surface area contributed by atoms with Crippen molar-refractivity contribution in [2.45, 2.75) is 55.1 Å². The lowest BCUT2D eigenvalue weighted by Crippen LogP contribution is -2.70. The third-order valence-electron chi connectivity index (χ3n) is 11.3. The number of piperidine rings is 9. The van der Waals surface area contributed by atoms with E-state index in [0.29, 0.717) is 39.3 Å². The zero-order valence-corrected chi connectivity index (χ0v) is 27.2. The van der Waals surface area contributed by atoms with Crippen LogP contribution in [0, 0.1) is 17.8 Å². The summed E-state index contributed by atoms with van der Waals surface area (Å²) in [6.07, 6.45) is 4.62. The van der Waals surface area contributed by atoms with Gasteiger partial charge < -0.3 is 14.2 Å². The Hall–Kier alpha value is -1.12. The molecule has 6 bridgehead atoms. The van der Waals surface area contributed by atoms with Crippen molar-refractivity contribution in [3.63, 3.8) is 0 Å². The first-order valence-corrected chi connectivity index (χ1v) is 17.5. The van der Waals surface area contributed by atoms with Gasteiger partial charge in [0.2, 0.25) is 0 Å². The molecule has 9 heterocycles. The molecule has 0 radical (unpaired) electrons. The average molecular weight is 642 g/mol. The van der Waals surface area contributed by atoms with Crippen LogP contribution in [0.4, 0.5) is 0 Å². The molecule has 9 saturated heterocycles. The zero-order chi connectivity index (χ0) is 31.2. The van der Waals surface area contributed by atoms with Crippen LogP contribution in [0.5, 0.6) is 0 Å². The number of Topliss-reactive ketones (excluding diaryl/α,β-unsaturated/α-hetero) is 3. The van der Waals surface area contributed by atoms with E-state index in [-0.39, 0.29) is 74.7 Å². The van der Waals surface area contributed by atoms with Gasteiger partial charge in [-0.15, -0.1) is 0 Å². The number of phosphoric acid groups is 1. The minimum atomic E-state index is -4.47. The summed E-state index contributed by atoms with van der Waals surface area (Å²) in [4.78, 5) is 47.1. The number of nitrogens with zero attached hydrogens (tertiary/aromatic N) is 3. The summed E-state index contributed by atoms with van der Waals surface area (Å²) < 4.78 is 49.7. The molecule has 0 amide bonds. The molecule has 0 N–H and O–H groups in total. The minimum absolute atomic E-state index is 0.00636. The van der Waals surface area contributed by atoms with E-state index >= 15 is 0 Å². The summed E-state index contributed by atoms with van der Waals surface area (Å²) in [7, 11) is 0.129. The molecule has 9 aliphatic heterocycles. The number of hydrogen-bond acceptors (Lipinski definition) is 13. The third kappa shape index (κ3) is 5.38.